The van der Waals surface area contributed by atoms with Crippen molar-refractivity contribution in [3.05, 3.63) is 98.5 Å². The second kappa shape index (κ2) is 7.94. The van der Waals surface area contributed by atoms with E-state index < -0.39 is 11.8 Å². The Balaban J connectivity index is 1.63. The van der Waals surface area contributed by atoms with Gasteiger partial charge >= 0.3 is 5.97 Å². The normalized spacial score (nSPS) is 13.9. The van der Waals surface area contributed by atoms with Crippen LogP contribution in [-0.2, 0) is 0 Å². The van der Waals surface area contributed by atoms with Crippen LogP contribution in [0.25, 0.3) is 6.08 Å². The van der Waals surface area contributed by atoms with E-state index in [1.54, 1.807) is 31.2 Å². The van der Waals surface area contributed by atoms with Crippen LogP contribution in [0.4, 0.5) is 4.39 Å². The molecule has 0 amide bonds. The minimum absolute atomic E-state index is 0.101. The molecular formula is C23H13Cl2FO4. The summed E-state index contributed by atoms with van der Waals surface area (Å²) in [6.07, 6.45) is 1.55. The summed E-state index contributed by atoms with van der Waals surface area (Å²) in [6, 6.07) is 13.5. The average molecular weight is 443 g/mol. The number of esters is 1. The first kappa shape index (κ1) is 20.1. The summed E-state index contributed by atoms with van der Waals surface area (Å²) in [5.41, 5.74) is 1.24. The maximum atomic E-state index is 13.8. The second-order valence-corrected chi connectivity index (χ2v) is 7.36. The van der Waals surface area contributed by atoms with Crippen molar-refractivity contribution in [1.29, 1.82) is 0 Å². The largest absolute Gasteiger partial charge is 0.452 e. The number of benzene rings is 3. The molecule has 30 heavy (non-hydrogen) atoms. The van der Waals surface area contributed by atoms with Crippen LogP contribution in [0.3, 0.4) is 0 Å². The summed E-state index contributed by atoms with van der Waals surface area (Å²) in [6.45, 7) is 1.65. The zero-order valence-electron chi connectivity index (χ0n) is 15.5. The van der Waals surface area contributed by atoms with Gasteiger partial charge in [-0.3, -0.25) is 4.79 Å². The Bertz CT molecular complexity index is 1230. The van der Waals surface area contributed by atoms with Crippen molar-refractivity contribution >= 4 is 41.0 Å². The van der Waals surface area contributed by atoms with Gasteiger partial charge in [-0.25, -0.2) is 9.18 Å². The van der Waals surface area contributed by atoms with Crippen LogP contribution in [-0.4, -0.2) is 11.8 Å². The van der Waals surface area contributed by atoms with Crippen LogP contribution in [0.15, 0.2) is 60.4 Å². The molecule has 4 nitrogen and oxygen atoms in total. The minimum Gasteiger partial charge on any atom is -0.452 e. The van der Waals surface area contributed by atoms with Crippen molar-refractivity contribution in [2.45, 2.75) is 6.92 Å². The molecule has 1 heterocycles. The summed E-state index contributed by atoms with van der Waals surface area (Å²) in [5.74, 6) is -1.28. The van der Waals surface area contributed by atoms with Crippen LogP contribution in [0.1, 0.15) is 31.8 Å². The first-order valence-electron chi connectivity index (χ1n) is 8.85. The molecule has 150 valence electrons. The Labute approximate surface area is 181 Å². The van der Waals surface area contributed by atoms with Gasteiger partial charge in [0.2, 0.25) is 5.78 Å². The number of hydrogen-bond donors (Lipinski definition) is 0. The summed E-state index contributed by atoms with van der Waals surface area (Å²) >= 11 is 11.9. The minimum atomic E-state index is -0.841. The summed E-state index contributed by atoms with van der Waals surface area (Å²) in [5, 5.41) is 0.755. The van der Waals surface area contributed by atoms with Gasteiger partial charge in [-0.1, -0.05) is 41.4 Å². The number of allylic oxidation sites excluding steroid dienone is 1. The number of carbonyl (C=O) groups is 2. The van der Waals surface area contributed by atoms with Gasteiger partial charge in [0.05, 0.1) is 21.2 Å². The molecule has 3 aromatic rings. The molecule has 4 rings (SSSR count). The van der Waals surface area contributed by atoms with Crippen molar-refractivity contribution < 1.29 is 23.5 Å². The van der Waals surface area contributed by atoms with E-state index in [4.69, 9.17) is 32.7 Å². The van der Waals surface area contributed by atoms with E-state index in [0.29, 0.717) is 26.7 Å². The molecule has 0 N–H and O–H groups in total. The van der Waals surface area contributed by atoms with Crippen molar-refractivity contribution in [3.8, 4) is 11.5 Å². The highest BCUT2D eigenvalue weighted by molar-refractivity contribution is 6.42. The number of ketones is 1. The van der Waals surface area contributed by atoms with Crippen LogP contribution in [0, 0.1) is 12.7 Å². The number of Topliss-reactive ketones (excluding diaryl/α,β-unsaturated/α-hetero) is 1. The first-order chi connectivity index (χ1) is 14.3. The molecule has 1 aliphatic rings. The van der Waals surface area contributed by atoms with Crippen LogP contribution in [0.5, 0.6) is 11.5 Å². The van der Waals surface area contributed by atoms with Gasteiger partial charge < -0.3 is 9.47 Å². The van der Waals surface area contributed by atoms with E-state index in [9.17, 15) is 14.0 Å². The van der Waals surface area contributed by atoms with E-state index >= 15 is 0 Å². The fourth-order valence-corrected chi connectivity index (χ4v) is 3.32. The Morgan fingerprint density at radius 2 is 1.83 bits per heavy atom. The molecule has 0 unspecified atom stereocenters. The maximum absolute atomic E-state index is 13.8. The Kier molecular flexibility index (Phi) is 5.33. The van der Waals surface area contributed by atoms with Crippen molar-refractivity contribution in [2.75, 3.05) is 0 Å². The van der Waals surface area contributed by atoms with Gasteiger partial charge in [0, 0.05) is 5.56 Å². The smallest absolute Gasteiger partial charge is 0.346 e. The van der Waals surface area contributed by atoms with Crippen LogP contribution < -0.4 is 9.47 Å². The number of hydrogen-bond acceptors (Lipinski definition) is 4. The zero-order chi connectivity index (χ0) is 21.4. The van der Waals surface area contributed by atoms with E-state index in [0.717, 1.165) is 0 Å². The monoisotopic (exact) mass is 442 g/mol. The van der Waals surface area contributed by atoms with Crippen molar-refractivity contribution in [1.82, 2.24) is 0 Å². The topological polar surface area (TPSA) is 52.6 Å². The third-order valence-corrected chi connectivity index (χ3v) is 5.31. The predicted octanol–water partition coefficient (Wildman–Crippen LogP) is 6.28. The van der Waals surface area contributed by atoms with Crippen LogP contribution in [0.2, 0.25) is 10.0 Å². The molecule has 0 saturated heterocycles. The van der Waals surface area contributed by atoms with Gasteiger partial charge in [-0.15, -0.1) is 0 Å². The molecular weight excluding hydrogens is 430 g/mol. The van der Waals surface area contributed by atoms with E-state index in [2.05, 4.69) is 0 Å². The SMILES string of the molecule is Cc1c(OC(=O)c2ccccc2F)ccc2c1O/C(=C\c1ccc(Cl)c(Cl)c1)C2=O. The molecule has 7 heteroatoms. The van der Waals surface area contributed by atoms with E-state index in [1.807, 2.05) is 0 Å². The van der Waals surface area contributed by atoms with Gasteiger partial charge in [0.25, 0.3) is 0 Å². The number of carbonyl (C=O) groups excluding carboxylic acids is 2. The predicted molar refractivity (Wildman–Crippen MR) is 112 cm³/mol. The lowest BCUT2D eigenvalue weighted by Crippen LogP contribution is -2.11. The Morgan fingerprint density at radius 3 is 2.57 bits per heavy atom. The highest BCUT2D eigenvalue weighted by Gasteiger charge is 2.30. The molecule has 0 atom stereocenters. The fraction of sp³-hybridized carbons (Fsp3) is 0.0435. The van der Waals surface area contributed by atoms with Gasteiger partial charge in [0.15, 0.2) is 5.76 Å². The number of rotatable bonds is 3. The Morgan fingerprint density at radius 1 is 1.07 bits per heavy atom. The van der Waals surface area contributed by atoms with Gasteiger partial charge in [0.1, 0.15) is 17.3 Å². The van der Waals surface area contributed by atoms with E-state index in [-0.39, 0.29) is 28.6 Å². The van der Waals surface area contributed by atoms with Gasteiger partial charge in [-0.2, -0.15) is 0 Å². The zero-order valence-corrected chi connectivity index (χ0v) is 17.1. The summed E-state index contributed by atoms with van der Waals surface area (Å²) in [4.78, 5) is 25.0. The van der Waals surface area contributed by atoms with Gasteiger partial charge in [-0.05, 0) is 55.0 Å². The number of halogens is 3. The summed E-state index contributed by atoms with van der Waals surface area (Å²) < 4.78 is 24.9. The van der Waals surface area contributed by atoms with Crippen molar-refractivity contribution in [3.63, 3.8) is 0 Å². The molecule has 0 aromatic heterocycles. The highest BCUT2D eigenvalue weighted by Crippen LogP contribution is 2.39. The number of fused-ring (bicyclic) bond motifs is 1. The summed E-state index contributed by atoms with van der Waals surface area (Å²) in [7, 11) is 0. The molecule has 0 radical (unpaired) electrons. The third-order valence-electron chi connectivity index (χ3n) is 4.57. The lowest BCUT2D eigenvalue weighted by Gasteiger charge is -2.10. The molecule has 0 saturated carbocycles. The molecule has 3 aromatic carbocycles. The second-order valence-electron chi connectivity index (χ2n) is 6.55. The molecule has 0 aliphatic carbocycles. The average Bonchev–Trinajstić information content (AvgIpc) is 3.03. The molecule has 0 spiro atoms. The lowest BCUT2D eigenvalue weighted by molar-refractivity contribution is 0.0728. The Hall–Kier alpha value is -3.15. The van der Waals surface area contributed by atoms with E-state index in [1.165, 1.54) is 36.4 Å². The third kappa shape index (κ3) is 3.70. The maximum Gasteiger partial charge on any atom is 0.346 e. The molecule has 0 bridgehead atoms. The first-order valence-corrected chi connectivity index (χ1v) is 9.60. The number of ether oxygens (including phenoxy) is 2. The molecule has 1 aliphatic heterocycles. The fourth-order valence-electron chi connectivity index (χ4n) is 3.01. The standard InChI is InChI=1S/C23H13Cl2FO4/c1-12-19(30-23(28)14-4-2-3-5-18(14)26)9-7-15-21(27)20(29-22(12)15)11-13-6-8-16(24)17(25)10-13/h2-11H,1H3/b20-11-. The lowest BCUT2D eigenvalue weighted by atomic mass is 10.1. The highest BCUT2D eigenvalue weighted by atomic mass is 35.5. The quantitative estimate of drug-likeness (QED) is 0.272. The van der Waals surface area contributed by atoms with Crippen LogP contribution >= 0.6 is 23.2 Å². The molecule has 0 fully saturated rings. The van der Waals surface area contributed by atoms with Crippen molar-refractivity contribution in [2.24, 2.45) is 0 Å².